The fourth-order valence-electron chi connectivity index (χ4n) is 2.40. The molecule has 0 unspecified atom stereocenters. The zero-order chi connectivity index (χ0) is 13.2. The molecule has 3 heteroatoms. The number of ether oxygens (including phenoxy) is 1. The average Bonchev–Trinajstić information content (AvgIpc) is 3.13. The molecule has 1 aromatic carbocycles. The van der Waals surface area contributed by atoms with E-state index in [4.69, 9.17) is 4.74 Å². The van der Waals surface area contributed by atoms with E-state index >= 15 is 0 Å². The van der Waals surface area contributed by atoms with Crippen molar-refractivity contribution >= 4 is 0 Å². The van der Waals surface area contributed by atoms with Gasteiger partial charge in [0.05, 0.1) is 7.11 Å². The van der Waals surface area contributed by atoms with Gasteiger partial charge < -0.3 is 15.2 Å². The maximum absolute atomic E-state index is 9.79. The van der Waals surface area contributed by atoms with Crippen LogP contribution in [0.25, 0.3) is 0 Å². The summed E-state index contributed by atoms with van der Waals surface area (Å²) < 4.78 is 5.17. The van der Waals surface area contributed by atoms with E-state index in [-0.39, 0.29) is 0 Å². The fraction of sp³-hybridized carbons (Fsp3) is 0.600. The summed E-state index contributed by atoms with van der Waals surface area (Å²) in [6, 6.07) is 5.35. The van der Waals surface area contributed by atoms with Crippen LogP contribution in [0.4, 0.5) is 0 Å². The molecular formula is C15H23NO2. The number of benzene rings is 1. The number of methoxy groups -OCH3 is 1. The first kappa shape index (κ1) is 13.2. The molecule has 0 aromatic heterocycles. The standard InChI is InChI=1S/C15H23NO2/c1-11(2)15(6-7-15)10-16-9-12-8-13(18-3)4-5-14(12)17/h4-5,8,11,16-17H,6-7,9-10H2,1-3H3. The zero-order valence-corrected chi connectivity index (χ0v) is 11.5. The molecular weight excluding hydrogens is 226 g/mol. The van der Waals surface area contributed by atoms with Gasteiger partial charge in [0.2, 0.25) is 0 Å². The predicted octanol–water partition coefficient (Wildman–Crippen LogP) is 2.93. The van der Waals surface area contributed by atoms with Crippen molar-refractivity contribution in [3.8, 4) is 11.5 Å². The van der Waals surface area contributed by atoms with E-state index in [1.807, 2.05) is 6.07 Å². The Labute approximate surface area is 109 Å². The normalized spacial score (nSPS) is 16.9. The minimum atomic E-state index is 0.331. The van der Waals surface area contributed by atoms with Crippen molar-refractivity contribution in [3.63, 3.8) is 0 Å². The van der Waals surface area contributed by atoms with Crippen LogP contribution in [0.1, 0.15) is 32.3 Å². The smallest absolute Gasteiger partial charge is 0.120 e. The second-order valence-corrected chi connectivity index (χ2v) is 5.62. The number of nitrogens with one attached hydrogen (secondary N) is 1. The van der Waals surface area contributed by atoms with E-state index in [2.05, 4.69) is 19.2 Å². The fourth-order valence-corrected chi connectivity index (χ4v) is 2.40. The molecule has 3 nitrogen and oxygen atoms in total. The van der Waals surface area contributed by atoms with Crippen molar-refractivity contribution < 1.29 is 9.84 Å². The molecule has 0 bridgehead atoms. The van der Waals surface area contributed by atoms with Crippen molar-refractivity contribution in [2.75, 3.05) is 13.7 Å². The SMILES string of the molecule is COc1ccc(O)c(CNCC2(C(C)C)CC2)c1. The molecule has 0 heterocycles. The lowest BCUT2D eigenvalue weighted by atomic mass is 9.92. The molecule has 1 aromatic rings. The second-order valence-electron chi connectivity index (χ2n) is 5.62. The largest absolute Gasteiger partial charge is 0.508 e. The Kier molecular flexibility index (Phi) is 3.81. The summed E-state index contributed by atoms with van der Waals surface area (Å²) in [6.45, 7) is 6.30. The third kappa shape index (κ3) is 2.78. The molecule has 1 aliphatic rings. The molecule has 0 radical (unpaired) electrons. The van der Waals surface area contributed by atoms with Crippen LogP contribution < -0.4 is 10.1 Å². The molecule has 0 aliphatic heterocycles. The molecule has 0 atom stereocenters. The molecule has 100 valence electrons. The number of hydrogen-bond acceptors (Lipinski definition) is 3. The highest BCUT2D eigenvalue weighted by atomic mass is 16.5. The minimum absolute atomic E-state index is 0.331. The lowest BCUT2D eigenvalue weighted by molar-refractivity contribution is 0.336. The van der Waals surface area contributed by atoms with E-state index in [1.54, 1.807) is 19.2 Å². The van der Waals surface area contributed by atoms with Crippen LogP contribution in [0.2, 0.25) is 0 Å². The van der Waals surface area contributed by atoms with Gasteiger partial charge in [0.25, 0.3) is 0 Å². The van der Waals surface area contributed by atoms with Crippen LogP contribution in [0, 0.1) is 11.3 Å². The number of phenolic OH excluding ortho intramolecular Hbond substituents is 1. The molecule has 2 rings (SSSR count). The summed E-state index contributed by atoms with van der Waals surface area (Å²) in [5.41, 5.74) is 1.39. The van der Waals surface area contributed by atoms with Gasteiger partial charge in [-0.2, -0.15) is 0 Å². The van der Waals surface area contributed by atoms with E-state index in [9.17, 15) is 5.11 Å². The monoisotopic (exact) mass is 249 g/mol. The highest BCUT2D eigenvalue weighted by molar-refractivity contribution is 5.39. The molecule has 0 amide bonds. The predicted molar refractivity (Wildman–Crippen MR) is 72.9 cm³/mol. The lowest BCUT2D eigenvalue weighted by Crippen LogP contribution is -2.27. The summed E-state index contributed by atoms with van der Waals surface area (Å²) >= 11 is 0. The van der Waals surface area contributed by atoms with Crippen molar-refractivity contribution in [1.82, 2.24) is 5.32 Å². The Bertz CT molecular complexity index is 411. The maximum atomic E-state index is 9.79. The van der Waals surface area contributed by atoms with Crippen LogP contribution in [-0.4, -0.2) is 18.8 Å². The van der Waals surface area contributed by atoms with Gasteiger partial charge in [-0.05, 0) is 42.4 Å². The van der Waals surface area contributed by atoms with Gasteiger partial charge in [-0.1, -0.05) is 13.8 Å². The first-order valence-electron chi connectivity index (χ1n) is 6.64. The van der Waals surface area contributed by atoms with Gasteiger partial charge in [-0.25, -0.2) is 0 Å². The number of rotatable bonds is 6. The summed E-state index contributed by atoms with van der Waals surface area (Å²) in [4.78, 5) is 0. The highest BCUT2D eigenvalue weighted by Crippen LogP contribution is 2.51. The maximum Gasteiger partial charge on any atom is 0.120 e. The van der Waals surface area contributed by atoms with E-state index in [0.29, 0.717) is 17.7 Å². The van der Waals surface area contributed by atoms with Gasteiger partial charge in [-0.15, -0.1) is 0 Å². The molecule has 0 spiro atoms. The van der Waals surface area contributed by atoms with Gasteiger partial charge in [-0.3, -0.25) is 0 Å². The highest BCUT2D eigenvalue weighted by Gasteiger charge is 2.44. The van der Waals surface area contributed by atoms with E-state index < -0.39 is 0 Å². The van der Waals surface area contributed by atoms with Crippen molar-refractivity contribution in [2.24, 2.45) is 11.3 Å². The topological polar surface area (TPSA) is 41.5 Å². The first-order valence-corrected chi connectivity index (χ1v) is 6.64. The molecule has 0 saturated heterocycles. The Morgan fingerprint density at radius 1 is 1.39 bits per heavy atom. The minimum Gasteiger partial charge on any atom is -0.508 e. The first-order chi connectivity index (χ1) is 8.57. The van der Waals surface area contributed by atoms with Crippen LogP contribution in [-0.2, 0) is 6.54 Å². The quantitative estimate of drug-likeness (QED) is 0.814. The number of aromatic hydroxyl groups is 1. The average molecular weight is 249 g/mol. The summed E-state index contributed by atoms with van der Waals surface area (Å²) in [5.74, 6) is 1.84. The molecule has 1 saturated carbocycles. The van der Waals surface area contributed by atoms with E-state index in [0.717, 1.165) is 23.8 Å². The molecule has 2 N–H and O–H groups in total. The van der Waals surface area contributed by atoms with Gasteiger partial charge in [0, 0.05) is 18.7 Å². The van der Waals surface area contributed by atoms with Crippen molar-refractivity contribution in [3.05, 3.63) is 23.8 Å². The second kappa shape index (κ2) is 5.19. The molecule has 18 heavy (non-hydrogen) atoms. The van der Waals surface area contributed by atoms with Crippen LogP contribution >= 0.6 is 0 Å². The lowest BCUT2D eigenvalue weighted by Gasteiger charge is -2.20. The van der Waals surface area contributed by atoms with Gasteiger partial charge in [0.1, 0.15) is 11.5 Å². The summed E-state index contributed by atoms with van der Waals surface area (Å²) in [7, 11) is 1.64. The Morgan fingerprint density at radius 3 is 2.67 bits per heavy atom. The van der Waals surface area contributed by atoms with Crippen molar-refractivity contribution in [1.29, 1.82) is 0 Å². The van der Waals surface area contributed by atoms with Gasteiger partial charge >= 0.3 is 0 Å². The Morgan fingerprint density at radius 2 is 2.11 bits per heavy atom. The third-order valence-corrected chi connectivity index (χ3v) is 4.20. The number of hydrogen-bond donors (Lipinski definition) is 2. The van der Waals surface area contributed by atoms with Crippen molar-refractivity contribution in [2.45, 2.75) is 33.2 Å². The summed E-state index contributed by atoms with van der Waals surface area (Å²) in [6.07, 6.45) is 2.64. The zero-order valence-electron chi connectivity index (χ0n) is 11.5. The Hall–Kier alpha value is -1.22. The third-order valence-electron chi connectivity index (χ3n) is 4.20. The number of phenols is 1. The Balaban J connectivity index is 1.90. The molecule has 1 fully saturated rings. The van der Waals surface area contributed by atoms with Crippen LogP contribution in [0.15, 0.2) is 18.2 Å². The van der Waals surface area contributed by atoms with E-state index in [1.165, 1.54) is 12.8 Å². The molecule has 1 aliphatic carbocycles. The van der Waals surface area contributed by atoms with Crippen LogP contribution in [0.5, 0.6) is 11.5 Å². The summed E-state index contributed by atoms with van der Waals surface area (Å²) in [5, 5.41) is 13.3. The van der Waals surface area contributed by atoms with Gasteiger partial charge in [0.15, 0.2) is 0 Å². The van der Waals surface area contributed by atoms with Crippen LogP contribution in [0.3, 0.4) is 0 Å².